The van der Waals surface area contributed by atoms with Gasteiger partial charge in [0.15, 0.2) is 0 Å². The van der Waals surface area contributed by atoms with Crippen molar-refractivity contribution < 1.29 is 14.3 Å². The summed E-state index contributed by atoms with van der Waals surface area (Å²) in [5.74, 6) is 0.314. The molecule has 2 aromatic rings. The Morgan fingerprint density at radius 3 is 2.83 bits per heavy atom. The fourth-order valence-electron chi connectivity index (χ4n) is 1.78. The first-order valence-corrected chi connectivity index (χ1v) is 8.07. The van der Waals surface area contributed by atoms with Crippen molar-refractivity contribution in [1.29, 1.82) is 0 Å². The molecular weight excluding hydrogens is 384 g/mol. The summed E-state index contributed by atoms with van der Waals surface area (Å²) < 4.78 is 11.0. The van der Waals surface area contributed by atoms with Gasteiger partial charge in [0, 0.05) is 35.4 Å². The standard InChI is InChI=1S/C16H16BrClN2O3/c1-22-6-7-23-15-5-2-11(9-19-15)10-20-16(21)13-8-12(18)3-4-14(13)17/h2-5,8-9H,6-7,10H2,1H3,(H,20,21). The highest BCUT2D eigenvalue weighted by Gasteiger charge is 2.10. The highest BCUT2D eigenvalue weighted by molar-refractivity contribution is 9.10. The van der Waals surface area contributed by atoms with Crippen LogP contribution in [0.15, 0.2) is 41.0 Å². The number of benzene rings is 1. The maximum absolute atomic E-state index is 12.2. The molecule has 1 amide bonds. The Balaban J connectivity index is 1.90. The highest BCUT2D eigenvalue weighted by atomic mass is 79.9. The average molecular weight is 400 g/mol. The van der Waals surface area contributed by atoms with Gasteiger partial charge in [-0.25, -0.2) is 4.98 Å². The van der Waals surface area contributed by atoms with Gasteiger partial charge in [-0.2, -0.15) is 0 Å². The molecule has 0 radical (unpaired) electrons. The number of aromatic nitrogens is 1. The summed E-state index contributed by atoms with van der Waals surface area (Å²) in [5.41, 5.74) is 1.36. The summed E-state index contributed by atoms with van der Waals surface area (Å²) in [4.78, 5) is 16.3. The Morgan fingerprint density at radius 2 is 2.13 bits per heavy atom. The molecule has 2 rings (SSSR count). The molecular formula is C16H16BrClN2O3. The largest absolute Gasteiger partial charge is 0.475 e. The number of methoxy groups -OCH3 is 1. The molecule has 1 aromatic heterocycles. The molecule has 0 saturated heterocycles. The Labute approximate surface area is 148 Å². The van der Waals surface area contributed by atoms with Gasteiger partial charge >= 0.3 is 0 Å². The molecule has 1 heterocycles. The van der Waals surface area contributed by atoms with Crippen LogP contribution in [0, 0.1) is 0 Å². The first-order chi connectivity index (χ1) is 11.1. The topological polar surface area (TPSA) is 60.5 Å². The van der Waals surface area contributed by atoms with Gasteiger partial charge < -0.3 is 14.8 Å². The number of ether oxygens (including phenoxy) is 2. The molecule has 0 aliphatic rings. The van der Waals surface area contributed by atoms with E-state index in [1.807, 2.05) is 6.07 Å². The van der Waals surface area contributed by atoms with E-state index in [-0.39, 0.29) is 5.91 Å². The van der Waals surface area contributed by atoms with Gasteiger partial charge in [-0.05, 0) is 39.7 Å². The molecule has 122 valence electrons. The Kier molecular flexibility index (Phi) is 6.83. The van der Waals surface area contributed by atoms with Crippen LogP contribution in [0.2, 0.25) is 5.02 Å². The van der Waals surface area contributed by atoms with Crippen molar-refractivity contribution in [3.63, 3.8) is 0 Å². The van der Waals surface area contributed by atoms with E-state index in [9.17, 15) is 4.79 Å². The van der Waals surface area contributed by atoms with E-state index >= 15 is 0 Å². The Morgan fingerprint density at radius 1 is 1.30 bits per heavy atom. The zero-order chi connectivity index (χ0) is 16.7. The summed E-state index contributed by atoms with van der Waals surface area (Å²) in [6.45, 7) is 1.32. The number of pyridine rings is 1. The monoisotopic (exact) mass is 398 g/mol. The quantitative estimate of drug-likeness (QED) is 0.725. The van der Waals surface area contributed by atoms with E-state index in [0.717, 1.165) is 5.56 Å². The zero-order valence-electron chi connectivity index (χ0n) is 12.5. The van der Waals surface area contributed by atoms with Gasteiger partial charge in [0.25, 0.3) is 5.91 Å². The maximum atomic E-state index is 12.2. The van der Waals surface area contributed by atoms with Crippen LogP contribution in [0.25, 0.3) is 0 Å². The second-order valence-electron chi connectivity index (χ2n) is 4.65. The minimum Gasteiger partial charge on any atom is -0.475 e. The molecule has 0 unspecified atom stereocenters. The average Bonchev–Trinajstić information content (AvgIpc) is 2.56. The highest BCUT2D eigenvalue weighted by Crippen LogP contribution is 2.21. The van der Waals surface area contributed by atoms with E-state index in [0.29, 0.717) is 40.7 Å². The first-order valence-electron chi connectivity index (χ1n) is 6.90. The molecule has 0 aliphatic carbocycles. The maximum Gasteiger partial charge on any atom is 0.252 e. The summed E-state index contributed by atoms with van der Waals surface area (Å²) in [5, 5.41) is 3.34. The predicted molar refractivity (Wildman–Crippen MR) is 91.9 cm³/mol. The van der Waals surface area contributed by atoms with Gasteiger partial charge in [-0.15, -0.1) is 0 Å². The molecule has 23 heavy (non-hydrogen) atoms. The number of carbonyl (C=O) groups excluding carboxylic acids is 1. The van der Waals surface area contributed by atoms with Gasteiger partial charge in [-0.3, -0.25) is 4.79 Å². The second-order valence-corrected chi connectivity index (χ2v) is 5.94. The molecule has 1 N–H and O–H groups in total. The van der Waals surface area contributed by atoms with Crippen molar-refractivity contribution in [2.75, 3.05) is 20.3 Å². The van der Waals surface area contributed by atoms with Crippen LogP contribution in [0.3, 0.4) is 0 Å². The number of rotatable bonds is 7. The summed E-state index contributed by atoms with van der Waals surface area (Å²) in [6, 6.07) is 8.68. The number of nitrogens with one attached hydrogen (secondary N) is 1. The number of hydrogen-bond donors (Lipinski definition) is 1. The van der Waals surface area contributed by atoms with Gasteiger partial charge in [-0.1, -0.05) is 17.7 Å². The molecule has 0 bridgehead atoms. The van der Waals surface area contributed by atoms with Crippen LogP contribution in [0.1, 0.15) is 15.9 Å². The van der Waals surface area contributed by atoms with Crippen LogP contribution in [0.5, 0.6) is 5.88 Å². The number of halogens is 2. The lowest BCUT2D eigenvalue weighted by Gasteiger charge is -2.08. The molecule has 0 fully saturated rings. The van der Waals surface area contributed by atoms with Gasteiger partial charge in [0.1, 0.15) is 6.61 Å². The van der Waals surface area contributed by atoms with Crippen LogP contribution < -0.4 is 10.1 Å². The summed E-state index contributed by atoms with van der Waals surface area (Å²) in [7, 11) is 1.61. The van der Waals surface area contributed by atoms with E-state index in [1.165, 1.54) is 0 Å². The third-order valence-corrected chi connectivity index (χ3v) is 3.89. The predicted octanol–water partition coefficient (Wildman–Crippen LogP) is 3.45. The van der Waals surface area contributed by atoms with E-state index in [4.69, 9.17) is 21.1 Å². The minimum atomic E-state index is -0.209. The minimum absolute atomic E-state index is 0.209. The van der Waals surface area contributed by atoms with Crippen LogP contribution in [0.4, 0.5) is 0 Å². The molecule has 7 heteroatoms. The first kappa shape index (κ1) is 17.7. The number of carbonyl (C=O) groups is 1. The third-order valence-electron chi connectivity index (χ3n) is 2.96. The van der Waals surface area contributed by atoms with Crippen LogP contribution in [-0.4, -0.2) is 31.2 Å². The number of hydrogen-bond acceptors (Lipinski definition) is 4. The van der Waals surface area contributed by atoms with Crippen molar-refractivity contribution in [1.82, 2.24) is 10.3 Å². The lowest BCUT2D eigenvalue weighted by atomic mass is 10.2. The van der Waals surface area contributed by atoms with Gasteiger partial charge in [0.2, 0.25) is 5.88 Å². The smallest absolute Gasteiger partial charge is 0.252 e. The van der Waals surface area contributed by atoms with Gasteiger partial charge in [0.05, 0.1) is 12.2 Å². The second kappa shape index (κ2) is 8.86. The molecule has 0 aliphatic heterocycles. The van der Waals surface area contributed by atoms with Crippen LogP contribution >= 0.6 is 27.5 Å². The lowest BCUT2D eigenvalue weighted by molar-refractivity contribution is 0.0950. The molecule has 0 spiro atoms. The molecule has 1 aromatic carbocycles. The van der Waals surface area contributed by atoms with Crippen molar-refractivity contribution in [2.24, 2.45) is 0 Å². The van der Waals surface area contributed by atoms with Crippen LogP contribution in [-0.2, 0) is 11.3 Å². The number of nitrogens with zero attached hydrogens (tertiary/aromatic N) is 1. The van der Waals surface area contributed by atoms with Crippen molar-refractivity contribution in [2.45, 2.75) is 6.54 Å². The number of amides is 1. The molecule has 5 nitrogen and oxygen atoms in total. The summed E-state index contributed by atoms with van der Waals surface area (Å²) >= 11 is 9.25. The molecule has 0 atom stereocenters. The van der Waals surface area contributed by atoms with Crippen molar-refractivity contribution in [3.05, 3.63) is 57.2 Å². The summed E-state index contributed by atoms with van der Waals surface area (Å²) in [6.07, 6.45) is 1.66. The Hall–Kier alpha value is -1.63. The van der Waals surface area contributed by atoms with E-state index < -0.39 is 0 Å². The lowest BCUT2D eigenvalue weighted by Crippen LogP contribution is -2.23. The normalized spacial score (nSPS) is 10.4. The van der Waals surface area contributed by atoms with E-state index in [1.54, 1.807) is 37.6 Å². The van der Waals surface area contributed by atoms with Crippen molar-refractivity contribution in [3.8, 4) is 5.88 Å². The van der Waals surface area contributed by atoms with Crippen molar-refractivity contribution >= 4 is 33.4 Å². The SMILES string of the molecule is COCCOc1ccc(CNC(=O)c2cc(Cl)ccc2Br)cn1. The Bertz CT molecular complexity index is 665. The van der Waals surface area contributed by atoms with E-state index in [2.05, 4.69) is 26.2 Å². The third kappa shape index (κ3) is 5.49. The fourth-order valence-corrected chi connectivity index (χ4v) is 2.38. The zero-order valence-corrected chi connectivity index (χ0v) is 14.9. The fraction of sp³-hybridized carbons (Fsp3) is 0.250. The molecule has 0 saturated carbocycles.